The van der Waals surface area contributed by atoms with E-state index in [1.165, 1.54) is 10.2 Å². The van der Waals surface area contributed by atoms with E-state index in [0.29, 0.717) is 18.1 Å². The summed E-state index contributed by atoms with van der Waals surface area (Å²) in [7, 11) is 0. The average Bonchev–Trinajstić information content (AvgIpc) is 3.00. The number of benzene rings is 1. The molecule has 134 valence electrons. The zero-order chi connectivity index (χ0) is 19.0. The number of nitrogens with two attached hydrogens (primary N) is 1. The van der Waals surface area contributed by atoms with E-state index in [1.807, 2.05) is 19.1 Å². The molecular weight excluding hydrogens is 338 g/mol. The number of pyridine rings is 1. The standard InChI is InChI=1S/C20H19N7/c1-12-4-6-13(7-5-12)9-15-18(22)26-27-19(23)16(10-21)17(25-20(15)27)14-3-2-8-24-11-14/h2-8,11,16-17,23,25H,9H2,1H3,(H2,22,26). The van der Waals surface area contributed by atoms with Gasteiger partial charge in [-0.1, -0.05) is 35.9 Å². The molecule has 27 heavy (non-hydrogen) atoms. The second kappa shape index (κ2) is 6.57. The van der Waals surface area contributed by atoms with Gasteiger partial charge in [0.2, 0.25) is 0 Å². The Bertz CT molecular complexity index is 1030. The van der Waals surface area contributed by atoms with Gasteiger partial charge < -0.3 is 11.1 Å². The molecule has 0 aliphatic carbocycles. The van der Waals surface area contributed by atoms with Crippen molar-refractivity contribution in [1.82, 2.24) is 14.8 Å². The van der Waals surface area contributed by atoms with Crippen molar-refractivity contribution >= 4 is 17.5 Å². The number of nitrogens with zero attached hydrogens (tertiary/aromatic N) is 4. The first-order valence-electron chi connectivity index (χ1n) is 8.66. The molecule has 7 nitrogen and oxygen atoms in total. The van der Waals surface area contributed by atoms with Crippen LogP contribution in [0.25, 0.3) is 0 Å². The number of fused-ring (bicyclic) bond motifs is 1. The minimum absolute atomic E-state index is 0.113. The van der Waals surface area contributed by atoms with Crippen LogP contribution in [0.5, 0.6) is 0 Å². The van der Waals surface area contributed by atoms with E-state index in [9.17, 15) is 5.26 Å². The molecule has 2 atom stereocenters. The van der Waals surface area contributed by atoms with Gasteiger partial charge in [-0.15, -0.1) is 5.10 Å². The number of nitrogens with one attached hydrogen (secondary N) is 2. The fourth-order valence-electron chi connectivity index (χ4n) is 3.37. The minimum atomic E-state index is -0.687. The van der Waals surface area contributed by atoms with E-state index in [4.69, 9.17) is 11.1 Å². The highest BCUT2D eigenvalue weighted by molar-refractivity contribution is 5.92. The topological polar surface area (TPSA) is 116 Å². The largest absolute Gasteiger partial charge is 0.382 e. The molecule has 1 aliphatic heterocycles. The average molecular weight is 357 g/mol. The van der Waals surface area contributed by atoms with Crippen molar-refractivity contribution in [3.8, 4) is 6.07 Å². The normalized spacial score (nSPS) is 18.4. The van der Waals surface area contributed by atoms with Gasteiger partial charge in [0.05, 0.1) is 12.1 Å². The van der Waals surface area contributed by atoms with Crippen LogP contribution in [-0.4, -0.2) is 20.6 Å². The van der Waals surface area contributed by atoms with Gasteiger partial charge >= 0.3 is 0 Å². The first-order valence-corrected chi connectivity index (χ1v) is 8.66. The Kier molecular flexibility index (Phi) is 4.09. The molecule has 0 fully saturated rings. The van der Waals surface area contributed by atoms with Crippen LogP contribution >= 0.6 is 0 Å². The van der Waals surface area contributed by atoms with Crippen molar-refractivity contribution in [3.05, 3.63) is 71.0 Å². The predicted molar refractivity (Wildman–Crippen MR) is 103 cm³/mol. The molecule has 0 amide bonds. The molecule has 1 aliphatic rings. The SMILES string of the molecule is Cc1ccc(Cc2c(N)nn3c2NC(c2cccnc2)C(C#N)C3=N)cc1. The highest BCUT2D eigenvalue weighted by Crippen LogP contribution is 2.37. The molecule has 7 heteroatoms. The second-order valence-electron chi connectivity index (χ2n) is 6.69. The summed E-state index contributed by atoms with van der Waals surface area (Å²) < 4.78 is 1.44. The molecule has 4 rings (SSSR count). The van der Waals surface area contributed by atoms with Crippen LogP contribution in [0.1, 0.15) is 28.3 Å². The van der Waals surface area contributed by atoms with Crippen LogP contribution in [0.2, 0.25) is 0 Å². The fraction of sp³-hybridized carbons (Fsp3) is 0.200. The molecule has 0 saturated heterocycles. The van der Waals surface area contributed by atoms with Gasteiger partial charge in [0, 0.05) is 24.4 Å². The van der Waals surface area contributed by atoms with Gasteiger partial charge in [0.1, 0.15) is 17.6 Å². The molecule has 0 bridgehead atoms. The van der Waals surface area contributed by atoms with E-state index >= 15 is 0 Å². The number of aromatic nitrogens is 3. The maximum Gasteiger partial charge on any atom is 0.151 e. The van der Waals surface area contributed by atoms with Crippen LogP contribution in [0.3, 0.4) is 0 Å². The third-order valence-electron chi connectivity index (χ3n) is 4.85. The third kappa shape index (κ3) is 2.91. The third-order valence-corrected chi connectivity index (χ3v) is 4.85. The smallest absolute Gasteiger partial charge is 0.151 e. The molecular formula is C20H19N7. The summed E-state index contributed by atoms with van der Waals surface area (Å²) in [5.41, 5.74) is 10.1. The molecule has 3 heterocycles. The lowest BCUT2D eigenvalue weighted by Crippen LogP contribution is -2.37. The Hall–Kier alpha value is -3.66. The van der Waals surface area contributed by atoms with Gasteiger partial charge in [-0.25, -0.2) is 4.68 Å². The maximum atomic E-state index is 9.63. The van der Waals surface area contributed by atoms with Crippen molar-refractivity contribution < 1.29 is 0 Å². The molecule has 0 radical (unpaired) electrons. The van der Waals surface area contributed by atoms with E-state index < -0.39 is 5.92 Å². The summed E-state index contributed by atoms with van der Waals surface area (Å²) in [6.45, 7) is 2.04. The highest BCUT2D eigenvalue weighted by Gasteiger charge is 2.37. The number of hydrogen-bond donors (Lipinski definition) is 3. The number of nitriles is 1. The molecule has 2 unspecified atom stereocenters. The van der Waals surface area contributed by atoms with E-state index in [1.54, 1.807) is 12.4 Å². The Balaban J connectivity index is 1.76. The fourth-order valence-corrected chi connectivity index (χ4v) is 3.37. The molecule has 0 spiro atoms. The summed E-state index contributed by atoms with van der Waals surface area (Å²) in [5, 5.41) is 25.8. The summed E-state index contributed by atoms with van der Waals surface area (Å²) in [6, 6.07) is 13.8. The summed E-state index contributed by atoms with van der Waals surface area (Å²) in [6.07, 6.45) is 3.99. The van der Waals surface area contributed by atoms with Crippen molar-refractivity contribution in [3.63, 3.8) is 0 Å². The molecule has 3 aromatic rings. The van der Waals surface area contributed by atoms with Crippen molar-refractivity contribution in [2.45, 2.75) is 19.4 Å². The van der Waals surface area contributed by atoms with Gasteiger partial charge in [-0.05, 0) is 24.1 Å². The lowest BCUT2D eigenvalue weighted by atomic mass is 9.92. The van der Waals surface area contributed by atoms with Crippen molar-refractivity contribution in [2.24, 2.45) is 5.92 Å². The Morgan fingerprint density at radius 3 is 2.74 bits per heavy atom. The van der Waals surface area contributed by atoms with E-state index in [0.717, 1.165) is 16.7 Å². The summed E-state index contributed by atoms with van der Waals surface area (Å²) in [5.74, 6) is 0.458. The number of hydrogen-bond acceptors (Lipinski definition) is 6. The Morgan fingerprint density at radius 2 is 2.07 bits per heavy atom. The molecule has 4 N–H and O–H groups in total. The first kappa shape index (κ1) is 16.8. The zero-order valence-corrected chi connectivity index (χ0v) is 14.8. The number of rotatable bonds is 3. The van der Waals surface area contributed by atoms with Crippen molar-refractivity contribution in [1.29, 1.82) is 10.7 Å². The van der Waals surface area contributed by atoms with Crippen molar-refractivity contribution in [2.75, 3.05) is 11.1 Å². The van der Waals surface area contributed by atoms with Gasteiger partial charge in [0.15, 0.2) is 5.82 Å². The van der Waals surface area contributed by atoms with Crippen LogP contribution in [0.4, 0.5) is 11.6 Å². The Morgan fingerprint density at radius 1 is 1.30 bits per heavy atom. The van der Waals surface area contributed by atoms with Crippen LogP contribution in [0, 0.1) is 29.6 Å². The Labute approximate surface area is 157 Å². The summed E-state index contributed by atoms with van der Waals surface area (Å²) in [4.78, 5) is 4.15. The maximum absolute atomic E-state index is 9.63. The van der Waals surface area contributed by atoms with Gasteiger partial charge in [0.25, 0.3) is 0 Å². The zero-order valence-electron chi connectivity index (χ0n) is 14.8. The van der Waals surface area contributed by atoms with Crippen LogP contribution in [0.15, 0.2) is 48.8 Å². The minimum Gasteiger partial charge on any atom is -0.382 e. The molecule has 1 aromatic carbocycles. The number of aryl methyl sites for hydroxylation is 1. The second-order valence-corrected chi connectivity index (χ2v) is 6.69. The van der Waals surface area contributed by atoms with Crippen LogP contribution < -0.4 is 11.1 Å². The van der Waals surface area contributed by atoms with Gasteiger partial charge in [-0.3, -0.25) is 10.4 Å². The number of anilines is 2. The van der Waals surface area contributed by atoms with Gasteiger partial charge in [-0.2, -0.15) is 5.26 Å². The summed E-state index contributed by atoms with van der Waals surface area (Å²) >= 11 is 0. The lowest BCUT2D eigenvalue weighted by Gasteiger charge is -2.30. The molecule has 2 aromatic heterocycles. The predicted octanol–water partition coefficient (Wildman–Crippen LogP) is 2.89. The highest BCUT2D eigenvalue weighted by atomic mass is 15.4. The van der Waals surface area contributed by atoms with E-state index in [2.05, 4.69) is 45.7 Å². The van der Waals surface area contributed by atoms with E-state index in [-0.39, 0.29) is 11.9 Å². The number of nitrogen functional groups attached to an aromatic ring is 1. The monoisotopic (exact) mass is 357 g/mol. The van der Waals surface area contributed by atoms with Crippen LogP contribution in [-0.2, 0) is 6.42 Å². The molecule has 0 saturated carbocycles. The quantitative estimate of drug-likeness (QED) is 0.666. The lowest BCUT2D eigenvalue weighted by molar-refractivity contribution is 0.631. The first-order chi connectivity index (χ1) is 13.1.